The van der Waals surface area contributed by atoms with Crippen LogP contribution in [-0.2, 0) is 15.1 Å². The highest BCUT2D eigenvalue weighted by Gasteiger charge is 2.30. The highest BCUT2D eigenvalue weighted by atomic mass is 35.6. The summed E-state index contributed by atoms with van der Waals surface area (Å²) >= 11 is 33.4. The van der Waals surface area contributed by atoms with Crippen molar-refractivity contribution in [1.82, 2.24) is 19.5 Å². The Hall–Kier alpha value is -1.42. The van der Waals surface area contributed by atoms with E-state index >= 15 is 0 Å². The predicted molar refractivity (Wildman–Crippen MR) is 168 cm³/mol. The van der Waals surface area contributed by atoms with Crippen molar-refractivity contribution in [2.75, 3.05) is 24.7 Å². The van der Waals surface area contributed by atoms with Crippen molar-refractivity contribution >= 4 is 98.2 Å². The lowest BCUT2D eigenvalue weighted by Gasteiger charge is -2.14. The van der Waals surface area contributed by atoms with Gasteiger partial charge in [-0.05, 0) is 48.9 Å². The van der Waals surface area contributed by atoms with Gasteiger partial charge in [0.25, 0.3) is 3.79 Å². The number of halogens is 6. The summed E-state index contributed by atoms with van der Waals surface area (Å²) in [6.45, 7) is 10.4. The zero-order valence-electron chi connectivity index (χ0n) is 22.5. The first-order valence-electron chi connectivity index (χ1n) is 12.1. The number of fused-ring (bicyclic) bond motifs is 1. The van der Waals surface area contributed by atoms with Crippen molar-refractivity contribution in [3.63, 3.8) is 0 Å². The van der Waals surface area contributed by atoms with Gasteiger partial charge in [-0.15, -0.1) is 0 Å². The second kappa shape index (κ2) is 16.7. The third kappa shape index (κ3) is 13.2. The van der Waals surface area contributed by atoms with Gasteiger partial charge in [-0.1, -0.05) is 97.3 Å². The molecule has 8 nitrogen and oxygen atoms in total. The van der Waals surface area contributed by atoms with E-state index in [1.165, 1.54) is 7.11 Å². The number of aryl methyl sites for hydroxylation is 1. The average Bonchev–Trinajstić information content (AvgIpc) is 3.23. The summed E-state index contributed by atoms with van der Waals surface area (Å²) in [4.78, 5) is 12.8. The molecule has 0 spiro atoms. The van der Waals surface area contributed by atoms with Crippen molar-refractivity contribution in [2.24, 2.45) is 11.8 Å². The molecule has 0 saturated carbocycles. The lowest BCUT2D eigenvalue weighted by Crippen LogP contribution is -2.18. The molecular weight excluding hydrogens is 627 g/mol. The van der Waals surface area contributed by atoms with E-state index in [0.29, 0.717) is 23.3 Å². The summed E-state index contributed by atoms with van der Waals surface area (Å²) in [6, 6.07) is 7.38. The smallest absolute Gasteiger partial charge is 0.265 e. The Labute approximate surface area is 260 Å². The second-order valence-electron chi connectivity index (χ2n) is 9.20. The number of alkyl halides is 6. The number of imidazole rings is 1. The predicted octanol–water partition coefficient (Wildman–Crippen LogP) is 8.41. The average molecular weight is 662 g/mol. The van der Waals surface area contributed by atoms with Crippen LogP contribution >= 0.6 is 69.6 Å². The number of hydrogen-bond donors (Lipinski definition) is 3. The Bertz CT molecular complexity index is 1160. The molecule has 0 aromatic carbocycles. The van der Waals surface area contributed by atoms with Crippen molar-refractivity contribution in [2.45, 2.75) is 54.7 Å². The number of methoxy groups -OCH3 is 1. The maximum Gasteiger partial charge on any atom is 0.265 e. The first kappa shape index (κ1) is 35.6. The van der Waals surface area contributed by atoms with Crippen LogP contribution in [-0.4, -0.2) is 42.9 Å². The maximum absolute atomic E-state index is 6.77. The van der Waals surface area contributed by atoms with Gasteiger partial charge in [-0.25, -0.2) is 15.0 Å². The number of nitrogens with one attached hydrogen (secondary N) is 2. The fourth-order valence-corrected chi connectivity index (χ4v) is 3.60. The third-order valence-electron chi connectivity index (χ3n) is 5.00. The minimum Gasteiger partial charge on any atom is -0.481 e. The van der Waals surface area contributed by atoms with Gasteiger partial charge in [-0.3, -0.25) is 5.41 Å². The highest BCUT2D eigenvalue weighted by molar-refractivity contribution is 6.76. The molecule has 3 heterocycles. The van der Waals surface area contributed by atoms with Gasteiger partial charge >= 0.3 is 0 Å². The van der Waals surface area contributed by atoms with E-state index in [1.807, 2.05) is 28.8 Å². The zero-order chi connectivity index (χ0) is 29.8. The fourth-order valence-electron chi connectivity index (χ4n) is 2.93. The second-order valence-corrected chi connectivity index (χ2v) is 13.8. The monoisotopic (exact) mass is 659 g/mol. The Morgan fingerprint density at radius 1 is 1.00 bits per heavy atom. The fraction of sp³-hybridized carbons (Fsp3) is 0.520. The molecule has 218 valence electrons. The lowest BCUT2D eigenvalue weighted by atomic mass is 10.1. The number of anilines is 2. The van der Waals surface area contributed by atoms with Gasteiger partial charge < -0.3 is 20.4 Å². The van der Waals surface area contributed by atoms with E-state index in [1.54, 1.807) is 12.4 Å². The first-order valence-corrected chi connectivity index (χ1v) is 14.4. The van der Waals surface area contributed by atoms with E-state index in [2.05, 4.69) is 52.7 Å². The van der Waals surface area contributed by atoms with Crippen LogP contribution in [0, 0.1) is 17.2 Å². The van der Waals surface area contributed by atoms with Crippen LogP contribution in [0.1, 0.15) is 46.4 Å². The lowest BCUT2D eigenvalue weighted by molar-refractivity contribution is 0.391. The van der Waals surface area contributed by atoms with Crippen LogP contribution in [0.4, 0.5) is 11.5 Å². The normalized spacial score (nSPS) is 11.5. The minimum absolute atomic E-state index is 0.373. The number of pyridine rings is 2. The van der Waals surface area contributed by atoms with Crippen molar-refractivity contribution in [3.05, 3.63) is 42.5 Å². The molecule has 0 unspecified atom stereocenters. The summed E-state index contributed by atoms with van der Waals surface area (Å²) in [5, 5.41) is 9.98. The molecule has 0 bridgehead atoms. The van der Waals surface area contributed by atoms with Gasteiger partial charge in [0, 0.05) is 25.5 Å². The third-order valence-corrected chi connectivity index (χ3v) is 6.02. The maximum atomic E-state index is 6.77. The van der Waals surface area contributed by atoms with Crippen molar-refractivity contribution < 1.29 is 4.74 Å². The van der Waals surface area contributed by atoms with E-state index in [9.17, 15) is 0 Å². The number of hydrogen-bond acceptors (Lipinski definition) is 7. The molecule has 0 saturated heterocycles. The Morgan fingerprint density at radius 3 is 2.08 bits per heavy atom. The molecule has 3 aromatic rings. The molecule has 0 fully saturated rings. The molecule has 0 aliphatic heterocycles. The van der Waals surface area contributed by atoms with Crippen LogP contribution < -0.4 is 11.1 Å². The number of nitrogens with two attached hydrogens (primary N) is 1. The molecule has 0 aliphatic carbocycles. The first-order chi connectivity index (χ1) is 18.1. The quantitative estimate of drug-likeness (QED) is 0.133. The SMILES string of the molecule is CC(C)CCNc1ncccc1N.CC(C)CCn1c(C(Cl)(Cl)Cl)nc2cccnc21.COC(=N)C(Cl)(Cl)Cl. The number of nitrogens with zero attached hydrogens (tertiary/aromatic N) is 4. The van der Waals surface area contributed by atoms with Gasteiger partial charge in [0.2, 0.25) is 9.69 Å². The summed E-state index contributed by atoms with van der Waals surface area (Å²) in [7, 11) is 1.27. The summed E-state index contributed by atoms with van der Waals surface area (Å²) in [5.41, 5.74) is 7.94. The minimum atomic E-state index is -1.71. The van der Waals surface area contributed by atoms with E-state index in [-0.39, 0.29) is 5.90 Å². The van der Waals surface area contributed by atoms with Crippen LogP contribution in [0.5, 0.6) is 0 Å². The molecule has 0 aliphatic rings. The molecular formula is C25H35Cl6N7O. The molecule has 0 atom stereocenters. The van der Waals surface area contributed by atoms with E-state index < -0.39 is 7.59 Å². The molecule has 39 heavy (non-hydrogen) atoms. The van der Waals surface area contributed by atoms with Crippen LogP contribution in [0.2, 0.25) is 0 Å². The molecule has 3 rings (SSSR count). The molecule has 0 amide bonds. The topological polar surface area (TPSA) is 115 Å². The number of ether oxygens (including phenoxy) is 1. The van der Waals surface area contributed by atoms with Gasteiger partial charge in [0.05, 0.1) is 12.8 Å². The van der Waals surface area contributed by atoms with Crippen LogP contribution in [0.25, 0.3) is 11.2 Å². The van der Waals surface area contributed by atoms with Crippen molar-refractivity contribution in [3.8, 4) is 0 Å². The molecule has 14 heteroatoms. The Morgan fingerprint density at radius 2 is 1.59 bits per heavy atom. The largest absolute Gasteiger partial charge is 0.481 e. The molecule has 3 aromatic heterocycles. The number of aromatic nitrogens is 4. The van der Waals surface area contributed by atoms with E-state index in [4.69, 9.17) is 80.7 Å². The number of nitrogen functional groups attached to an aromatic ring is 1. The molecule has 0 radical (unpaired) electrons. The van der Waals surface area contributed by atoms with Gasteiger partial charge in [0.15, 0.2) is 11.5 Å². The summed E-state index contributed by atoms with van der Waals surface area (Å²) in [6.07, 6.45) is 5.58. The van der Waals surface area contributed by atoms with Crippen molar-refractivity contribution in [1.29, 1.82) is 5.41 Å². The van der Waals surface area contributed by atoms with Gasteiger partial charge in [0.1, 0.15) is 11.3 Å². The van der Waals surface area contributed by atoms with Gasteiger partial charge in [-0.2, -0.15) is 0 Å². The van der Waals surface area contributed by atoms with Crippen LogP contribution in [0.3, 0.4) is 0 Å². The molecule has 4 N–H and O–H groups in total. The summed E-state index contributed by atoms with van der Waals surface area (Å²) < 4.78 is 2.95. The Balaban J connectivity index is 0.000000318. The van der Waals surface area contributed by atoms with Crippen LogP contribution in [0.15, 0.2) is 36.7 Å². The Kier molecular flexibility index (Phi) is 15.3. The standard InChI is InChI=1S/C12H14Cl3N3.C10H17N3.C3H4Cl3NO/c1-8(2)5-7-18-10-9(4-3-6-16-10)17-11(18)12(13,14)15;1-8(2)5-7-13-10-9(11)4-3-6-12-10;1-8-2(7)3(4,5)6/h3-4,6,8H,5,7H2,1-2H3;3-4,6,8H,5,7,11H2,1-2H3,(H,12,13);7H,1H3. The number of rotatable bonds is 7. The highest BCUT2D eigenvalue weighted by Crippen LogP contribution is 2.38. The van der Waals surface area contributed by atoms with E-state index in [0.717, 1.165) is 42.9 Å². The summed E-state index contributed by atoms with van der Waals surface area (Å²) in [5.74, 6) is 2.12. The zero-order valence-corrected chi connectivity index (χ0v) is 27.0.